The van der Waals surface area contributed by atoms with Crippen LogP contribution in [0.1, 0.15) is 30.1 Å². The number of ketones is 1. The summed E-state index contributed by atoms with van der Waals surface area (Å²) in [5.41, 5.74) is 0.967. The topological polar surface area (TPSA) is 63.4 Å². The Bertz CT molecular complexity index is 585. The molecule has 0 aliphatic heterocycles. The average molecular weight is 272 g/mol. The number of terminal acetylenes is 1. The molecule has 0 spiro atoms. The second-order valence-corrected chi connectivity index (χ2v) is 5.04. The van der Waals surface area contributed by atoms with Crippen LogP contribution in [-0.4, -0.2) is 23.8 Å². The first-order chi connectivity index (χ1) is 9.52. The van der Waals surface area contributed by atoms with Gasteiger partial charge in [-0.15, -0.1) is 6.42 Å². The van der Waals surface area contributed by atoms with E-state index in [9.17, 15) is 14.9 Å². The maximum Gasteiger partial charge on any atom is 0.270 e. The molecule has 1 saturated carbocycles. The van der Waals surface area contributed by atoms with Gasteiger partial charge in [0, 0.05) is 29.9 Å². The number of benzene rings is 1. The van der Waals surface area contributed by atoms with E-state index in [1.54, 1.807) is 6.07 Å². The van der Waals surface area contributed by atoms with Crippen LogP contribution < -0.4 is 4.90 Å². The molecule has 0 aromatic heterocycles. The lowest BCUT2D eigenvalue weighted by molar-refractivity contribution is -0.384. The van der Waals surface area contributed by atoms with E-state index in [1.165, 1.54) is 31.9 Å². The van der Waals surface area contributed by atoms with E-state index in [0.29, 0.717) is 23.7 Å². The second-order valence-electron chi connectivity index (χ2n) is 5.04. The zero-order valence-electron chi connectivity index (χ0n) is 11.3. The van der Waals surface area contributed by atoms with E-state index < -0.39 is 4.92 Å². The van der Waals surface area contributed by atoms with Crippen LogP contribution in [-0.2, 0) is 0 Å². The van der Waals surface area contributed by atoms with Crippen LogP contribution in [0, 0.1) is 28.4 Å². The van der Waals surface area contributed by atoms with Crippen molar-refractivity contribution in [1.82, 2.24) is 0 Å². The first-order valence-corrected chi connectivity index (χ1v) is 6.50. The molecule has 0 amide bonds. The number of Topliss-reactive ketones (excluding diaryl/α,β-unsaturated/α-hetero) is 1. The molecule has 1 aromatic rings. The van der Waals surface area contributed by atoms with E-state index in [-0.39, 0.29) is 11.5 Å². The highest BCUT2D eigenvalue weighted by Crippen LogP contribution is 2.33. The van der Waals surface area contributed by atoms with Gasteiger partial charge in [-0.3, -0.25) is 14.9 Å². The van der Waals surface area contributed by atoms with Gasteiger partial charge in [0.1, 0.15) is 0 Å². The van der Waals surface area contributed by atoms with Crippen molar-refractivity contribution in [3.05, 3.63) is 33.9 Å². The van der Waals surface area contributed by atoms with Crippen molar-refractivity contribution < 1.29 is 9.72 Å². The minimum atomic E-state index is -0.497. The van der Waals surface area contributed by atoms with Crippen LogP contribution in [0.3, 0.4) is 0 Å². The predicted octanol–water partition coefficient (Wildman–Crippen LogP) is 2.65. The monoisotopic (exact) mass is 272 g/mol. The number of nitrogens with zero attached hydrogens (tertiary/aromatic N) is 2. The van der Waals surface area contributed by atoms with Gasteiger partial charge in [-0.1, -0.05) is 5.92 Å². The van der Waals surface area contributed by atoms with Crippen molar-refractivity contribution in [1.29, 1.82) is 0 Å². The molecule has 0 N–H and O–H groups in total. The number of non-ortho nitro benzene ring substituents is 1. The number of carbonyl (C=O) groups excluding carboxylic acids is 1. The zero-order valence-corrected chi connectivity index (χ0v) is 11.3. The molecule has 0 saturated heterocycles. The molecule has 0 radical (unpaired) electrons. The van der Waals surface area contributed by atoms with Gasteiger partial charge in [-0.05, 0) is 31.7 Å². The number of nitro groups is 1. The number of carbonyl (C=O) groups is 1. The summed E-state index contributed by atoms with van der Waals surface area (Å²) in [6.45, 7) is 2.60. The van der Waals surface area contributed by atoms with E-state index in [4.69, 9.17) is 6.42 Å². The molecule has 1 aliphatic carbocycles. The molecule has 0 bridgehead atoms. The lowest BCUT2D eigenvalue weighted by Crippen LogP contribution is -2.27. The smallest absolute Gasteiger partial charge is 0.270 e. The Balaban J connectivity index is 2.38. The molecule has 1 aromatic carbocycles. The molecule has 2 rings (SSSR count). The molecule has 1 aliphatic rings. The van der Waals surface area contributed by atoms with E-state index in [2.05, 4.69) is 5.92 Å². The molecular weight excluding hydrogens is 256 g/mol. The Morgan fingerprint density at radius 2 is 2.25 bits per heavy atom. The number of rotatable bonds is 6. The summed E-state index contributed by atoms with van der Waals surface area (Å²) in [5.74, 6) is 3.00. The molecule has 104 valence electrons. The van der Waals surface area contributed by atoms with Gasteiger partial charge >= 0.3 is 0 Å². The fourth-order valence-electron chi connectivity index (χ4n) is 2.17. The maximum atomic E-state index is 11.8. The molecule has 5 heteroatoms. The van der Waals surface area contributed by atoms with Crippen LogP contribution in [0.25, 0.3) is 0 Å². The summed E-state index contributed by atoms with van der Waals surface area (Å²) in [7, 11) is 0. The molecule has 0 heterocycles. The van der Waals surface area contributed by atoms with Gasteiger partial charge in [0.05, 0.1) is 11.5 Å². The van der Waals surface area contributed by atoms with E-state index in [1.807, 2.05) is 4.90 Å². The largest absolute Gasteiger partial charge is 0.360 e. The maximum absolute atomic E-state index is 11.8. The number of anilines is 1. The SMILES string of the molecule is C#CCN(CC1CC1)c1ccc([N+](=O)[O-])cc1C(C)=O. The summed E-state index contributed by atoms with van der Waals surface area (Å²) in [5, 5.41) is 10.8. The normalized spacial score (nSPS) is 13.6. The highest BCUT2D eigenvalue weighted by molar-refractivity contribution is 6.00. The minimum Gasteiger partial charge on any atom is -0.360 e. The fourth-order valence-corrected chi connectivity index (χ4v) is 2.17. The van der Waals surface area contributed by atoms with E-state index in [0.717, 1.165) is 6.54 Å². The van der Waals surface area contributed by atoms with Crippen LogP contribution in [0.2, 0.25) is 0 Å². The number of hydrogen-bond donors (Lipinski definition) is 0. The Morgan fingerprint density at radius 3 is 2.75 bits per heavy atom. The molecule has 5 nitrogen and oxygen atoms in total. The standard InChI is InChI=1S/C15H16N2O3/c1-3-8-16(10-12-4-5-12)15-7-6-13(17(19)20)9-14(15)11(2)18/h1,6-7,9,12H,4-5,8,10H2,2H3. The molecule has 20 heavy (non-hydrogen) atoms. The van der Waals surface area contributed by atoms with Gasteiger partial charge in [-0.25, -0.2) is 0 Å². The van der Waals surface area contributed by atoms with Crippen molar-refractivity contribution in [2.45, 2.75) is 19.8 Å². The zero-order chi connectivity index (χ0) is 14.7. The average Bonchev–Trinajstić information content (AvgIpc) is 3.21. The quantitative estimate of drug-likeness (QED) is 0.345. The molecular formula is C15H16N2O3. The summed E-state index contributed by atoms with van der Waals surface area (Å²) < 4.78 is 0. The van der Waals surface area contributed by atoms with Gasteiger partial charge in [-0.2, -0.15) is 0 Å². The third-order valence-corrected chi connectivity index (χ3v) is 3.37. The molecule has 0 unspecified atom stereocenters. The summed E-state index contributed by atoms with van der Waals surface area (Å²) in [4.78, 5) is 24.0. The first kappa shape index (κ1) is 14.1. The Morgan fingerprint density at radius 1 is 1.55 bits per heavy atom. The summed E-state index contributed by atoms with van der Waals surface area (Å²) in [6.07, 6.45) is 7.72. The van der Waals surface area contributed by atoms with Crippen molar-refractivity contribution >= 4 is 17.2 Å². The van der Waals surface area contributed by atoms with Crippen molar-refractivity contribution in [2.24, 2.45) is 5.92 Å². The highest BCUT2D eigenvalue weighted by Gasteiger charge is 2.26. The predicted molar refractivity (Wildman–Crippen MR) is 76.9 cm³/mol. The van der Waals surface area contributed by atoms with Gasteiger partial charge < -0.3 is 4.90 Å². The van der Waals surface area contributed by atoms with E-state index >= 15 is 0 Å². The van der Waals surface area contributed by atoms with Crippen molar-refractivity contribution in [3.63, 3.8) is 0 Å². The van der Waals surface area contributed by atoms with Gasteiger partial charge in [0.15, 0.2) is 5.78 Å². The van der Waals surface area contributed by atoms with Gasteiger partial charge in [0.2, 0.25) is 0 Å². The highest BCUT2D eigenvalue weighted by atomic mass is 16.6. The van der Waals surface area contributed by atoms with Crippen LogP contribution >= 0.6 is 0 Å². The summed E-state index contributed by atoms with van der Waals surface area (Å²) >= 11 is 0. The van der Waals surface area contributed by atoms with Gasteiger partial charge in [0.25, 0.3) is 5.69 Å². The number of hydrogen-bond acceptors (Lipinski definition) is 4. The van der Waals surface area contributed by atoms with Crippen molar-refractivity contribution in [3.8, 4) is 12.3 Å². The number of nitro benzene ring substituents is 1. The Hall–Kier alpha value is -2.35. The molecule has 1 fully saturated rings. The van der Waals surface area contributed by atoms with Crippen molar-refractivity contribution in [2.75, 3.05) is 18.0 Å². The third kappa shape index (κ3) is 3.15. The Kier molecular flexibility index (Phi) is 4.04. The second kappa shape index (κ2) is 5.74. The minimum absolute atomic E-state index is 0.0778. The Labute approximate surface area is 117 Å². The van der Waals surface area contributed by atoms with Crippen LogP contribution in [0.5, 0.6) is 0 Å². The lowest BCUT2D eigenvalue weighted by Gasteiger charge is -2.24. The lowest BCUT2D eigenvalue weighted by atomic mass is 10.1. The third-order valence-electron chi connectivity index (χ3n) is 3.37. The molecule has 0 atom stereocenters. The van der Waals surface area contributed by atoms with Crippen LogP contribution in [0.4, 0.5) is 11.4 Å². The first-order valence-electron chi connectivity index (χ1n) is 6.50. The summed E-state index contributed by atoms with van der Waals surface area (Å²) in [6, 6.07) is 4.36. The van der Waals surface area contributed by atoms with Crippen LogP contribution in [0.15, 0.2) is 18.2 Å². The fraction of sp³-hybridized carbons (Fsp3) is 0.400.